The number of fused-ring (bicyclic) bond motifs is 1. The molecular formula is C35H38F2N6O5S. The molecule has 0 bridgehead atoms. The molecule has 49 heavy (non-hydrogen) atoms. The van der Waals surface area contributed by atoms with Crippen LogP contribution >= 0.6 is 0 Å². The maximum absolute atomic E-state index is 15.6. The minimum Gasteiger partial charge on any atom is -0.454 e. The first-order valence-electron chi connectivity index (χ1n) is 14.6. The second kappa shape index (κ2) is 16.1. The van der Waals surface area contributed by atoms with E-state index in [9.17, 15) is 13.4 Å². The van der Waals surface area contributed by atoms with Gasteiger partial charge in [-0.1, -0.05) is 6.07 Å². The number of carbonyl (C=O) groups is 1. The Labute approximate surface area is 282 Å². The van der Waals surface area contributed by atoms with Crippen LogP contribution in [-0.4, -0.2) is 59.3 Å². The van der Waals surface area contributed by atoms with E-state index in [-0.39, 0.29) is 11.3 Å². The molecule has 0 aliphatic rings. The second-order valence-corrected chi connectivity index (χ2v) is 12.6. The van der Waals surface area contributed by atoms with Gasteiger partial charge < -0.3 is 19.8 Å². The Morgan fingerprint density at radius 1 is 0.918 bits per heavy atom. The number of aryl methyl sites for hydroxylation is 2. The largest absolute Gasteiger partial charge is 0.454 e. The van der Waals surface area contributed by atoms with Gasteiger partial charge >= 0.3 is 0 Å². The van der Waals surface area contributed by atoms with Gasteiger partial charge in [-0.05, 0) is 105 Å². The molecule has 258 valence electrons. The molecule has 3 heterocycles. The number of nitrogens with one attached hydrogen (secondary N) is 1. The lowest BCUT2D eigenvalue weighted by Gasteiger charge is -2.14. The van der Waals surface area contributed by atoms with Crippen LogP contribution in [0.4, 0.5) is 8.78 Å². The number of hydrogen-bond acceptors (Lipinski definition) is 7. The van der Waals surface area contributed by atoms with E-state index in [1.807, 2.05) is 44.9 Å². The van der Waals surface area contributed by atoms with Crippen molar-refractivity contribution in [3.8, 4) is 39.4 Å². The molecule has 14 heteroatoms. The number of halogens is 2. The Bertz CT molecular complexity index is 2220. The number of aromatic nitrogens is 5. The Kier molecular flexibility index (Phi) is 12.5. The number of H-pyrrole nitrogens is 1. The van der Waals surface area contributed by atoms with Gasteiger partial charge in [0.1, 0.15) is 18.4 Å². The quantitative estimate of drug-likeness (QED) is 0.187. The Morgan fingerprint density at radius 2 is 1.51 bits per heavy atom. The zero-order valence-corrected chi connectivity index (χ0v) is 28.8. The molecule has 0 amide bonds. The summed E-state index contributed by atoms with van der Waals surface area (Å²) in [6.07, 6.45) is 2.84. The summed E-state index contributed by atoms with van der Waals surface area (Å²) in [5, 5.41) is 7.90. The molecule has 0 saturated carbocycles. The van der Waals surface area contributed by atoms with E-state index in [0.29, 0.717) is 28.3 Å². The lowest BCUT2D eigenvalue weighted by Crippen LogP contribution is -2.20. The molecular weight excluding hydrogens is 654 g/mol. The van der Waals surface area contributed by atoms with E-state index in [2.05, 4.69) is 26.8 Å². The van der Waals surface area contributed by atoms with Crippen LogP contribution in [0.2, 0.25) is 0 Å². The molecule has 11 nitrogen and oxygen atoms in total. The molecule has 4 N–H and O–H groups in total. The molecule has 6 rings (SSSR count). The van der Waals surface area contributed by atoms with Crippen LogP contribution in [0, 0.1) is 32.4 Å². The molecule has 1 unspecified atom stereocenters. The highest BCUT2D eigenvalue weighted by Crippen LogP contribution is 2.38. The van der Waals surface area contributed by atoms with Crippen molar-refractivity contribution in [3.05, 3.63) is 112 Å². The van der Waals surface area contributed by atoms with Gasteiger partial charge in [0, 0.05) is 41.3 Å². The summed E-state index contributed by atoms with van der Waals surface area (Å²) in [5.41, 5.74) is 10.2. The summed E-state index contributed by atoms with van der Waals surface area (Å²) in [5.74, 6) is 2.31. The third kappa shape index (κ3) is 9.13. The van der Waals surface area contributed by atoms with E-state index >= 15 is 4.39 Å². The van der Waals surface area contributed by atoms with Gasteiger partial charge in [-0.15, -0.1) is 0 Å². The maximum Gasteiger partial charge on any atom is 0.279 e. The summed E-state index contributed by atoms with van der Waals surface area (Å²) < 4.78 is 55.8. The predicted molar refractivity (Wildman–Crippen MR) is 191 cm³/mol. The normalized spacial score (nSPS) is 11.6. The fourth-order valence-electron chi connectivity index (χ4n) is 5.04. The van der Waals surface area contributed by atoms with Crippen LogP contribution in [0.15, 0.2) is 77.7 Å². The summed E-state index contributed by atoms with van der Waals surface area (Å²) in [4.78, 5) is 25.9. The number of nitrogens with zero attached hydrogens (tertiary/aromatic N) is 4. The average molecular weight is 693 g/mol. The van der Waals surface area contributed by atoms with E-state index in [0.717, 1.165) is 39.7 Å². The third-order valence-corrected chi connectivity index (χ3v) is 7.00. The van der Waals surface area contributed by atoms with Crippen molar-refractivity contribution in [2.75, 3.05) is 13.3 Å². The highest BCUT2D eigenvalue weighted by molar-refractivity contribution is 7.94. The highest BCUT2D eigenvalue weighted by Gasteiger charge is 2.20. The standard InChI is InChI=1S/C31H25F2N5O2.C2H6O2S.CH5N.CH2O/c1-17-11-21(12-18(2)35-17)25-15-27-22(16-34-36-27)14-29(25)40-28-10-5-20(13-26(28)33)30-19(3)37(4)38(31(30)39)24-8-6-23(32)7-9-24;1-5(2,3)4;2*1-2/h5-16H,1-4H3,(H,34,36);1H2,2H3,(H,3,4);2H2,1H3;1H2. The first-order valence-corrected chi connectivity index (χ1v) is 16.6. The number of hydrogen-bond donors (Lipinski definition) is 3. The lowest BCUT2D eigenvalue weighted by molar-refractivity contribution is -0.0980. The predicted octanol–water partition coefficient (Wildman–Crippen LogP) is 5.97. The SMILES string of the molecule is C=O.C=S(C)(=O)O.CN.Cc1cc(-c2cc3[nH]ncc3cc2Oc2ccc(-c3c(C)n(C)n(-c4ccc(F)cc4)c3=O)cc2F)cc(C)n1. The summed E-state index contributed by atoms with van der Waals surface area (Å²) >= 11 is 0. The number of rotatable bonds is 5. The van der Waals surface area contributed by atoms with Gasteiger partial charge in [-0.2, -0.15) is 5.10 Å². The number of aromatic amines is 1. The van der Waals surface area contributed by atoms with Crippen LogP contribution in [-0.2, 0) is 21.6 Å². The molecule has 3 aromatic carbocycles. The first kappa shape index (κ1) is 38.0. The lowest BCUT2D eigenvalue weighted by atomic mass is 10.0. The topological polar surface area (TPSA) is 158 Å². The number of nitrogens with two attached hydrogens (primary N) is 1. The molecule has 0 fully saturated rings. The van der Waals surface area contributed by atoms with Crippen LogP contribution in [0.1, 0.15) is 17.1 Å². The summed E-state index contributed by atoms with van der Waals surface area (Å²) in [6.45, 7) is 7.61. The van der Waals surface area contributed by atoms with Gasteiger partial charge in [0.05, 0.1) is 32.8 Å². The van der Waals surface area contributed by atoms with Crippen LogP contribution < -0.4 is 16.0 Å². The molecule has 0 saturated heterocycles. The number of pyridine rings is 1. The molecule has 0 spiro atoms. The maximum atomic E-state index is 15.6. The molecule has 0 aliphatic heterocycles. The monoisotopic (exact) mass is 692 g/mol. The van der Waals surface area contributed by atoms with Crippen LogP contribution in [0.5, 0.6) is 11.5 Å². The number of benzene rings is 3. The minimum atomic E-state index is -2.67. The Morgan fingerprint density at radius 3 is 2.08 bits per heavy atom. The number of carbonyl (C=O) groups excluding carboxylic acids is 1. The third-order valence-electron chi connectivity index (χ3n) is 7.00. The molecule has 1 atom stereocenters. The summed E-state index contributed by atoms with van der Waals surface area (Å²) in [6, 6.07) is 17.7. The van der Waals surface area contributed by atoms with Crippen molar-refractivity contribution in [2.45, 2.75) is 20.8 Å². The molecule has 0 aliphatic carbocycles. The van der Waals surface area contributed by atoms with Gasteiger partial charge in [-0.3, -0.25) is 19.6 Å². The molecule has 3 aromatic heterocycles. The van der Waals surface area contributed by atoms with Gasteiger partial charge in [0.2, 0.25) is 0 Å². The van der Waals surface area contributed by atoms with Crippen LogP contribution in [0.3, 0.4) is 0 Å². The van der Waals surface area contributed by atoms with E-state index in [4.69, 9.17) is 14.1 Å². The zero-order chi connectivity index (χ0) is 36.6. The van der Waals surface area contributed by atoms with Crippen molar-refractivity contribution in [3.63, 3.8) is 0 Å². The minimum absolute atomic E-state index is 0.0165. The average Bonchev–Trinajstić information content (AvgIpc) is 3.59. The van der Waals surface area contributed by atoms with Crippen molar-refractivity contribution >= 4 is 33.4 Å². The fourth-order valence-corrected chi connectivity index (χ4v) is 5.04. The van der Waals surface area contributed by atoms with Gasteiger partial charge in [0.25, 0.3) is 5.56 Å². The fraction of sp³-hybridized carbons (Fsp3) is 0.171. The Hall–Kier alpha value is -5.44. The van der Waals surface area contributed by atoms with Crippen molar-refractivity contribution in [2.24, 2.45) is 12.8 Å². The number of ether oxygens (including phenoxy) is 1. The van der Waals surface area contributed by atoms with Crippen molar-refractivity contribution < 1.29 is 27.1 Å². The van der Waals surface area contributed by atoms with E-state index in [1.165, 1.54) is 48.1 Å². The van der Waals surface area contributed by atoms with Gasteiger partial charge in [0.15, 0.2) is 11.6 Å². The first-order chi connectivity index (χ1) is 23.2. The zero-order valence-electron chi connectivity index (χ0n) is 28.0. The molecule has 0 radical (unpaired) electrons. The smallest absolute Gasteiger partial charge is 0.279 e. The van der Waals surface area contributed by atoms with E-state index < -0.39 is 21.4 Å². The van der Waals surface area contributed by atoms with Crippen LogP contribution in [0.25, 0.3) is 38.8 Å². The van der Waals surface area contributed by atoms with Gasteiger partial charge in [-0.25, -0.2) is 17.7 Å². The van der Waals surface area contributed by atoms with E-state index in [1.54, 1.807) is 30.9 Å². The highest BCUT2D eigenvalue weighted by atomic mass is 32.2. The van der Waals surface area contributed by atoms with Crippen molar-refractivity contribution in [1.29, 1.82) is 0 Å². The summed E-state index contributed by atoms with van der Waals surface area (Å²) in [7, 11) is 0.563. The molecule has 6 aromatic rings. The second-order valence-electron chi connectivity index (χ2n) is 10.7. The Balaban J connectivity index is 0.000000655. The van der Waals surface area contributed by atoms with Crippen molar-refractivity contribution in [1.82, 2.24) is 24.5 Å².